The summed E-state index contributed by atoms with van der Waals surface area (Å²) in [5.74, 6) is -0.0952. The van der Waals surface area contributed by atoms with Gasteiger partial charge in [-0.2, -0.15) is 5.10 Å². The topological polar surface area (TPSA) is 144 Å². The van der Waals surface area contributed by atoms with Crippen LogP contribution in [-0.2, 0) is 14.2 Å². The Morgan fingerprint density at radius 1 is 1.13 bits per heavy atom. The van der Waals surface area contributed by atoms with Crippen molar-refractivity contribution in [2.24, 2.45) is 10.1 Å². The minimum Gasteiger partial charge on any atom is -0.443 e. The van der Waals surface area contributed by atoms with E-state index >= 15 is 0 Å². The Balaban J connectivity index is 3.15. The Morgan fingerprint density at radius 3 is 2.33 bits per heavy atom. The number of rotatable bonds is 6. The Hall–Kier alpha value is -3.11. The minimum atomic E-state index is -0.883. The van der Waals surface area contributed by atoms with E-state index in [9.17, 15) is 9.59 Å². The van der Waals surface area contributed by atoms with Gasteiger partial charge in [-0.25, -0.2) is 19.2 Å². The Labute approximate surface area is 175 Å². The predicted molar refractivity (Wildman–Crippen MR) is 109 cm³/mol. The first-order valence-corrected chi connectivity index (χ1v) is 9.34. The molecule has 1 aromatic heterocycles. The molecule has 166 valence electrons. The average Bonchev–Trinajstić information content (AvgIpc) is 3.10. The van der Waals surface area contributed by atoms with Crippen molar-refractivity contribution in [2.45, 2.75) is 52.7 Å². The van der Waals surface area contributed by atoms with Gasteiger partial charge in [0, 0.05) is 23.9 Å². The lowest BCUT2D eigenvalue weighted by Gasteiger charge is -2.28. The van der Waals surface area contributed by atoms with Gasteiger partial charge in [-0.1, -0.05) is 5.11 Å². The normalized spacial score (nSPS) is 12.1. The number of azide groups is 1. The molecule has 0 unspecified atom stereocenters. The Morgan fingerprint density at radius 2 is 1.80 bits per heavy atom. The second-order valence-corrected chi connectivity index (χ2v) is 8.04. The number of nitrogens with zero attached hydrogens (tertiary/aromatic N) is 7. The van der Waals surface area contributed by atoms with E-state index in [4.69, 9.17) is 19.7 Å². The lowest BCUT2D eigenvalue weighted by molar-refractivity contribution is 0.0308. The van der Waals surface area contributed by atoms with Gasteiger partial charge in [-0.3, -0.25) is 0 Å². The number of hydrogen-bond acceptors (Lipinski definition) is 7. The van der Waals surface area contributed by atoms with Gasteiger partial charge in [-0.05, 0) is 53.1 Å². The highest BCUT2D eigenvalue weighted by atomic mass is 16.6. The molecule has 0 fully saturated rings. The van der Waals surface area contributed by atoms with Gasteiger partial charge < -0.3 is 14.2 Å². The molecule has 0 bridgehead atoms. The van der Waals surface area contributed by atoms with Crippen LogP contribution >= 0.6 is 0 Å². The molecule has 0 atom stereocenters. The monoisotopic (exact) mass is 423 g/mol. The molecule has 0 radical (unpaired) electrons. The fourth-order valence-electron chi connectivity index (χ4n) is 1.99. The zero-order valence-electron chi connectivity index (χ0n) is 18.2. The van der Waals surface area contributed by atoms with Crippen molar-refractivity contribution >= 4 is 18.1 Å². The van der Waals surface area contributed by atoms with E-state index in [1.807, 2.05) is 0 Å². The fraction of sp³-hybridized carbons (Fsp3) is 0.667. The molecule has 0 N–H and O–H groups in total. The van der Waals surface area contributed by atoms with Crippen LogP contribution in [0.15, 0.2) is 28.6 Å². The summed E-state index contributed by atoms with van der Waals surface area (Å²) in [7, 11) is 0. The first-order chi connectivity index (χ1) is 13.9. The standard InChI is InChI=1S/C18H29N7O5/c1-17(2,3)29-15(26)22-14(25-10-7-8-21-25)24(16(27)30-18(4,5)6)11-13-28-12-9-20-23-19/h7-8,10H,9,11-13H2,1-6H3/b22-14-. The fourth-order valence-corrected chi connectivity index (χ4v) is 1.99. The summed E-state index contributed by atoms with van der Waals surface area (Å²) in [5, 5.41) is 7.44. The molecular weight excluding hydrogens is 394 g/mol. The molecule has 0 aliphatic heterocycles. The van der Waals surface area contributed by atoms with Crippen LogP contribution in [0.5, 0.6) is 0 Å². The van der Waals surface area contributed by atoms with Gasteiger partial charge in [-0.15, -0.1) is 4.99 Å². The van der Waals surface area contributed by atoms with E-state index in [-0.39, 0.29) is 32.3 Å². The number of carbonyl (C=O) groups is 2. The van der Waals surface area contributed by atoms with E-state index in [1.54, 1.807) is 47.6 Å². The summed E-state index contributed by atoms with van der Waals surface area (Å²) in [6, 6.07) is 1.62. The van der Waals surface area contributed by atoms with Crippen LogP contribution in [0.3, 0.4) is 0 Å². The third-order valence-electron chi connectivity index (χ3n) is 3.01. The first kappa shape index (κ1) is 24.9. The number of aliphatic imine (C=N–C) groups is 1. The molecule has 30 heavy (non-hydrogen) atoms. The maximum Gasteiger partial charge on any atom is 0.437 e. The van der Waals surface area contributed by atoms with Crippen molar-refractivity contribution in [1.29, 1.82) is 0 Å². The molecule has 12 nitrogen and oxygen atoms in total. The summed E-state index contributed by atoms with van der Waals surface area (Å²) in [6.45, 7) is 10.7. The second-order valence-electron chi connectivity index (χ2n) is 8.04. The third-order valence-corrected chi connectivity index (χ3v) is 3.01. The van der Waals surface area contributed by atoms with Crippen LogP contribution in [-0.4, -0.2) is 70.3 Å². The number of carbonyl (C=O) groups excluding carboxylic acids is 2. The molecule has 2 amide bonds. The zero-order valence-corrected chi connectivity index (χ0v) is 18.2. The van der Waals surface area contributed by atoms with Gasteiger partial charge in [0.05, 0.1) is 19.8 Å². The molecule has 0 saturated carbocycles. The maximum atomic E-state index is 12.8. The molecule has 0 spiro atoms. The number of amides is 2. The predicted octanol–water partition coefficient (Wildman–Crippen LogP) is 3.59. The highest BCUT2D eigenvalue weighted by Crippen LogP contribution is 2.13. The Bertz CT molecular complexity index is 772. The van der Waals surface area contributed by atoms with E-state index < -0.39 is 23.4 Å². The quantitative estimate of drug-likeness (QED) is 0.171. The van der Waals surface area contributed by atoms with Crippen LogP contribution < -0.4 is 0 Å². The van der Waals surface area contributed by atoms with Crippen LogP contribution in [0.1, 0.15) is 41.5 Å². The lowest BCUT2D eigenvalue weighted by Crippen LogP contribution is -2.46. The number of ether oxygens (including phenoxy) is 3. The summed E-state index contributed by atoms with van der Waals surface area (Å²) >= 11 is 0. The highest BCUT2D eigenvalue weighted by Gasteiger charge is 2.29. The summed E-state index contributed by atoms with van der Waals surface area (Å²) < 4.78 is 17.3. The van der Waals surface area contributed by atoms with E-state index in [0.29, 0.717) is 0 Å². The van der Waals surface area contributed by atoms with Crippen LogP contribution in [0.25, 0.3) is 10.4 Å². The largest absolute Gasteiger partial charge is 0.443 e. The lowest BCUT2D eigenvalue weighted by atomic mass is 10.2. The van der Waals surface area contributed by atoms with Crippen molar-refractivity contribution in [2.75, 3.05) is 26.3 Å². The van der Waals surface area contributed by atoms with Gasteiger partial charge in [0.2, 0.25) is 5.96 Å². The van der Waals surface area contributed by atoms with Crippen LogP contribution in [0.2, 0.25) is 0 Å². The average molecular weight is 423 g/mol. The first-order valence-electron chi connectivity index (χ1n) is 9.34. The minimum absolute atomic E-state index is 0.00662. The molecule has 1 heterocycles. The SMILES string of the molecule is CC(C)(C)OC(=O)/N=C(/N(CCOCCN=[N+]=[N-])C(=O)OC(C)(C)C)n1cccn1. The molecule has 0 aliphatic rings. The van der Waals surface area contributed by atoms with Crippen molar-refractivity contribution in [1.82, 2.24) is 14.7 Å². The molecule has 1 rings (SSSR count). The van der Waals surface area contributed by atoms with Crippen molar-refractivity contribution in [3.63, 3.8) is 0 Å². The van der Waals surface area contributed by atoms with Gasteiger partial charge >= 0.3 is 12.2 Å². The molecule has 1 aromatic rings. The maximum absolute atomic E-state index is 12.8. The van der Waals surface area contributed by atoms with Gasteiger partial charge in [0.25, 0.3) is 0 Å². The van der Waals surface area contributed by atoms with Crippen molar-refractivity contribution < 1.29 is 23.8 Å². The zero-order chi connectivity index (χ0) is 22.8. The molecule has 0 saturated heterocycles. The smallest absolute Gasteiger partial charge is 0.437 e. The van der Waals surface area contributed by atoms with E-state index in [1.165, 1.54) is 17.1 Å². The summed E-state index contributed by atoms with van der Waals surface area (Å²) in [6.07, 6.45) is 1.39. The van der Waals surface area contributed by atoms with Crippen molar-refractivity contribution in [3.05, 3.63) is 28.9 Å². The van der Waals surface area contributed by atoms with Gasteiger partial charge in [0.1, 0.15) is 11.2 Å². The third kappa shape index (κ3) is 9.89. The molecule has 0 aliphatic carbocycles. The van der Waals surface area contributed by atoms with Gasteiger partial charge in [0.15, 0.2) is 0 Å². The van der Waals surface area contributed by atoms with E-state index in [2.05, 4.69) is 20.1 Å². The second kappa shape index (κ2) is 11.2. The highest BCUT2D eigenvalue weighted by molar-refractivity contribution is 5.99. The summed E-state index contributed by atoms with van der Waals surface area (Å²) in [5.41, 5.74) is 6.75. The van der Waals surface area contributed by atoms with Crippen LogP contribution in [0, 0.1) is 0 Å². The van der Waals surface area contributed by atoms with E-state index in [0.717, 1.165) is 4.90 Å². The Kier molecular flexibility index (Phi) is 9.28. The number of hydrogen-bond donors (Lipinski definition) is 0. The van der Waals surface area contributed by atoms with Crippen molar-refractivity contribution in [3.8, 4) is 0 Å². The van der Waals surface area contributed by atoms with Crippen LogP contribution in [0.4, 0.5) is 9.59 Å². The summed E-state index contributed by atoms with van der Waals surface area (Å²) in [4.78, 5) is 32.9. The molecule has 12 heteroatoms. The molecular formula is C18H29N7O5. The number of aromatic nitrogens is 2. The molecule has 0 aromatic carbocycles.